The minimum atomic E-state index is -3.55. The molecule has 0 radical (unpaired) electrons. The third kappa shape index (κ3) is 5.97. The van der Waals surface area contributed by atoms with E-state index in [-0.39, 0.29) is 5.75 Å². The van der Waals surface area contributed by atoms with Gasteiger partial charge in [-0.05, 0) is 30.7 Å². The molecule has 25 heavy (non-hydrogen) atoms. The second-order valence-corrected chi connectivity index (χ2v) is 8.04. The largest absolute Gasteiger partial charge is 0.508 e. The van der Waals surface area contributed by atoms with E-state index in [4.69, 9.17) is 4.18 Å². The molecule has 0 fully saturated rings. The number of hydrogen-bond acceptors (Lipinski definition) is 6. The molecule has 0 saturated heterocycles. The lowest BCUT2D eigenvalue weighted by Crippen LogP contribution is -2.37. The van der Waals surface area contributed by atoms with Crippen molar-refractivity contribution in [2.24, 2.45) is 0 Å². The molecule has 0 aliphatic carbocycles. The first-order valence-electron chi connectivity index (χ1n) is 8.14. The second-order valence-electron chi connectivity index (χ2n) is 6.44. The van der Waals surface area contributed by atoms with Crippen LogP contribution >= 0.6 is 0 Å². The van der Waals surface area contributed by atoms with Crippen LogP contribution in [0.2, 0.25) is 0 Å². The SMILES string of the molecule is C[C@H](O)CN(Cc1c(O)ccc2ccccc12)C[C@@H](C)OS(C)(=O)=O. The van der Waals surface area contributed by atoms with Crippen molar-refractivity contribution in [3.63, 3.8) is 0 Å². The van der Waals surface area contributed by atoms with Crippen molar-refractivity contribution in [3.8, 4) is 5.75 Å². The van der Waals surface area contributed by atoms with Gasteiger partial charge in [-0.1, -0.05) is 30.3 Å². The fourth-order valence-electron chi connectivity index (χ4n) is 2.98. The van der Waals surface area contributed by atoms with Crippen molar-refractivity contribution < 1.29 is 22.8 Å². The summed E-state index contributed by atoms with van der Waals surface area (Å²) in [6.45, 7) is 4.34. The maximum atomic E-state index is 11.3. The molecule has 0 bridgehead atoms. The molecule has 138 valence electrons. The van der Waals surface area contributed by atoms with E-state index in [2.05, 4.69) is 0 Å². The maximum absolute atomic E-state index is 11.3. The number of aromatic hydroxyl groups is 1. The number of aliphatic hydroxyl groups is 1. The van der Waals surface area contributed by atoms with E-state index in [1.54, 1.807) is 19.9 Å². The van der Waals surface area contributed by atoms with Crippen LogP contribution in [-0.2, 0) is 20.8 Å². The molecular weight excluding hydrogens is 342 g/mol. The molecule has 2 aromatic rings. The van der Waals surface area contributed by atoms with Crippen LogP contribution in [-0.4, -0.2) is 55.1 Å². The van der Waals surface area contributed by atoms with Crippen molar-refractivity contribution in [2.45, 2.75) is 32.6 Å². The maximum Gasteiger partial charge on any atom is 0.264 e. The molecule has 2 N–H and O–H groups in total. The Morgan fingerprint density at radius 2 is 1.80 bits per heavy atom. The molecule has 0 unspecified atom stereocenters. The van der Waals surface area contributed by atoms with Gasteiger partial charge in [-0.25, -0.2) is 0 Å². The van der Waals surface area contributed by atoms with E-state index in [9.17, 15) is 18.6 Å². The highest BCUT2D eigenvalue weighted by Gasteiger charge is 2.19. The highest BCUT2D eigenvalue weighted by Crippen LogP contribution is 2.28. The lowest BCUT2D eigenvalue weighted by atomic mass is 10.0. The topological polar surface area (TPSA) is 87.1 Å². The summed E-state index contributed by atoms with van der Waals surface area (Å²) in [4.78, 5) is 1.88. The van der Waals surface area contributed by atoms with Crippen molar-refractivity contribution in [1.82, 2.24) is 4.90 Å². The summed E-state index contributed by atoms with van der Waals surface area (Å²) in [5.41, 5.74) is 0.741. The van der Waals surface area contributed by atoms with Crippen molar-refractivity contribution in [2.75, 3.05) is 19.3 Å². The number of rotatable bonds is 8. The highest BCUT2D eigenvalue weighted by molar-refractivity contribution is 7.86. The van der Waals surface area contributed by atoms with Gasteiger partial charge in [0.15, 0.2) is 0 Å². The fourth-order valence-corrected chi connectivity index (χ4v) is 3.64. The van der Waals surface area contributed by atoms with Gasteiger partial charge in [0.25, 0.3) is 10.1 Å². The molecule has 0 amide bonds. The first-order valence-corrected chi connectivity index (χ1v) is 9.95. The van der Waals surface area contributed by atoms with Crippen LogP contribution in [0.25, 0.3) is 10.8 Å². The van der Waals surface area contributed by atoms with Crippen LogP contribution in [0.15, 0.2) is 36.4 Å². The summed E-state index contributed by atoms with van der Waals surface area (Å²) in [6, 6.07) is 11.2. The Bertz CT molecular complexity index is 819. The molecule has 2 rings (SSSR count). The van der Waals surface area contributed by atoms with Crippen molar-refractivity contribution in [3.05, 3.63) is 42.0 Å². The van der Waals surface area contributed by atoms with Crippen LogP contribution in [0.4, 0.5) is 0 Å². The minimum absolute atomic E-state index is 0.172. The highest BCUT2D eigenvalue weighted by atomic mass is 32.2. The van der Waals surface area contributed by atoms with E-state index in [1.165, 1.54) is 0 Å². The normalized spacial score (nSPS) is 14.8. The smallest absolute Gasteiger partial charge is 0.264 e. The molecule has 7 heteroatoms. The van der Waals surface area contributed by atoms with E-state index >= 15 is 0 Å². The summed E-state index contributed by atoms with van der Waals surface area (Å²) in [6.07, 6.45) is -0.146. The Kier molecular flexibility index (Phi) is 6.40. The third-order valence-electron chi connectivity index (χ3n) is 3.77. The molecule has 0 saturated carbocycles. The quantitative estimate of drug-likeness (QED) is 0.695. The molecule has 6 nitrogen and oxygen atoms in total. The molecule has 2 aromatic carbocycles. The Morgan fingerprint density at radius 1 is 1.12 bits per heavy atom. The van der Waals surface area contributed by atoms with Gasteiger partial charge in [0, 0.05) is 25.2 Å². The van der Waals surface area contributed by atoms with Crippen LogP contribution in [0.3, 0.4) is 0 Å². The van der Waals surface area contributed by atoms with Gasteiger partial charge in [0.1, 0.15) is 5.75 Å². The van der Waals surface area contributed by atoms with Gasteiger partial charge in [-0.3, -0.25) is 9.08 Å². The van der Waals surface area contributed by atoms with Crippen LogP contribution in [0.5, 0.6) is 5.75 Å². The zero-order valence-corrected chi connectivity index (χ0v) is 15.5. The zero-order valence-electron chi connectivity index (χ0n) is 14.7. The number of nitrogens with zero attached hydrogens (tertiary/aromatic N) is 1. The monoisotopic (exact) mass is 367 g/mol. The second kappa shape index (κ2) is 8.14. The van der Waals surface area contributed by atoms with Gasteiger partial charge in [-0.2, -0.15) is 8.42 Å². The van der Waals surface area contributed by atoms with Crippen LogP contribution in [0.1, 0.15) is 19.4 Å². The van der Waals surface area contributed by atoms with E-state index in [0.717, 1.165) is 22.6 Å². The molecule has 2 atom stereocenters. The van der Waals surface area contributed by atoms with Gasteiger partial charge < -0.3 is 10.2 Å². The lowest BCUT2D eigenvalue weighted by molar-refractivity contribution is 0.0905. The van der Waals surface area contributed by atoms with E-state index in [1.807, 2.05) is 35.2 Å². The molecule has 0 aromatic heterocycles. The number of hydrogen-bond donors (Lipinski definition) is 2. The predicted molar refractivity (Wildman–Crippen MR) is 98.0 cm³/mol. The van der Waals surface area contributed by atoms with Gasteiger partial charge in [0.2, 0.25) is 0 Å². The van der Waals surface area contributed by atoms with Crippen molar-refractivity contribution >= 4 is 20.9 Å². The summed E-state index contributed by atoms with van der Waals surface area (Å²) in [5, 5.41) is 22.0. The first kappa shape index (κ1) is 19.7. The third-order valence-corrected chi connectivity index (χ3v) is 4.45. The Balaban J connectivity index is 2.26. The predicted octanol–water partition coefficient (Wildman–Crippen LogP) is 2.09. The number of benzene rings is 2. The minimum Gasteiger partial charge on any atom is -0.508 e. The summed E-state index contributed by atoms with van der Waals surface area (Å²) in [7, 11) is -3.55. The summed E-state index contributed by atoms with van der Waals surface area (Å²) in [5.74, 6) is 0.172. The van der Waals surface area contributed by atoms with Gasteiger partial charge in [-0.15, -0.1) is 0 Å². The molecule has 0 spiro atoms. The Morgan fingerprint density at radius 3 is 2.44 bits per heavy atom. The summed E-state index contributed by atoms with van der Waals surface area (Å²) < 4.78 is 27.6. The Labute approximate surface area is 148 Å². The molecular formula is C18H25NO5S. The van der Waals surface area contributed by atoms with Gasteiger partial charge in [0.05, 0.1) is 18.5 Å². The van der Waals surface area contributed by atoms with E-state index < -0.39 is 22.3 Å². The number of fused-ring (bicyclic) bond motifs is 1. The van der Waals surface area contributed by atoms with E-state index in [0.29, 0.717) is 19.6 Å². The molecule has 0 aliphatic heterocycles. The zero-order chi connectivity index (χ0) is 18.6. The fraction of sp³-hybridized carbons (Fsp3) is 0.444. The number of phenols is 1. The van der Waals surface area contributed by atoms with Gasteiger partial charge >= 0.3 is 0 Å². The Hall–Kier alpha value is -1.67. The number of phenolic OH excluding ortho intramolecular Hbond substituents is 1. The molecule has 0 heterocycles. The lowest BCUT2D eigenvalue weighted by Gasteiger charge is -2.27. The average Bonchev–Trinajstić information content (AvgIpc) is 2.47. The summed E-state index contributed by atoms with van der Waals surface area (Å²) >= 11 is 0. The standard InChI is InChI=1S/C18H25NO5S/c1-13(20)10-19(11-14(2)24-25(3,22)23)12-17-16-7-5-4-6-15(16)8-9-18(17)21/h4-9,13-14,20-21H,10-12H2,1-3H3/t13-,14+/m0/s1. The van der Waals surface area contributed by atoms with Crippen LogP contribution < -0.4 is 0 Å². The molecule has 0 aliphatic rings. The first-order chi connectivity index (χ1) is 11.7. The van der Waals surface area contributed by atoms with Crippen LogP contribution in [0, 0.1) is 0 Å². The number of aliphatic hydroxyl groups excluding tert-OH is 1. The average molecular weight is 367 g/mol. The van der Waals surface area contributed by atoms with Crippen molar-refractivity contribution in [1.29, 1.82) is 0 Å².